The van der Waals surface area contributed by atoms with E-state index in [9.17, 15) is 18.0 Å². The van der Waals surface area contributed by atoms with E-state index in [-0.39, 0.29) is 12.5 Å². The number of carbonyl (C=O) groups is 1. The molecule has 1 rings (SSSR count). The summed E-state index contributed by atoms with van der Waals surface area (Å²) in [6.07, 6.45) is -4.34. The van der Waals surface area contributed by atoms with Crippen molar-refractivity contribution in [3.8, 4) is 0 Å². The van der Waals surface area contributed by atoms with Crippen LogP contribution >= 0.6 is 0 Å². The van der Waals surface area contributed by atoms with Gasteiger partial charge in [0.1, 0.15) is 0 Å². The first-order valence-corrected chi connectivity index (χ1v) is 6.01. The van der Waals surface area contributed by atoms with E-state index in [1.807, 2.05) is 6.92 Å². The van der Waals surface area contributed by atoms with E-state index in [0.717, 1.165) is 5.69 Å². The summed E-state index contributed by atoms with van der Waals surface area (Å²) >= 11 is 0. The Hall–Kier alpha value is -1.72. The molecule has 0 aliphatic carbocycles. The van der Waals surface area contributed by atoms with Crippen LogP contribution in [0, 0.1) is 0 Å². The molecular weight excluding hydrogens is 257 g/mol. The minimum absolute atomic E-state index is 0.0678. The van der Waals surface area contributed by atoms with Gasteiger partial charge in [-0.15, -0.1) is 0 Å². The van der Waals surface area contributed by atoms with Gasteiger partial charge in [-0.1, -0.05) is 0 Å². The second-order valence-electron chi connectivity index (χ2n) is 4.49. The molecule has 3 nitrogen and oxygen atoms in total. The molecule has 0 heterocycles. The summed E-state index contributed by atoms with van der Waals surface area (Å²) in [6.45, 7) is 1.82. The van der Waals surface area contributed by atoms with Gasteiger partial charge in [0.25, 0.3) is 0 Å². The number of anilines is 1. The summed E-state index contributed by atoms with van der Waals surface area (Å²) in [5, 5.41) is 3.07. The molecule has 0 radical (unpaired) electrons. The summed E-state index contributed by atoms with van der Waals surface area (Å²) in [4.78, 5) is 10.9. The van der Waals surface area contributed by atoms with Crippen molar-refractivity contribution in [2.75, 3.05) is 5.32 Å². The molecule has 1 atom stereocenters. The van der Waals surface area contributed by atoms with E-state index in [1.54, 1.807) is 24.3 Å². The van der Waals surface area contributed by atoms with Gasteiger partial charge in [-0.25, -0.2) is 0 Å². The SMILES string of the molecule is CC(CCCC(F)(F)F)Nc1ccc(C(N)=O)cc1. The van der Waals surface area contributed by atoms with Crippen molar-refractivity contribution >= 4 is 11.6 Å². The summed E-state index contributed by atoms with van der Waals surface area (Å²) in [5.74, 6) is -0.509. The molecule has 3 N–H and O–H groups in total. The molecule has 0 aromatic heterocycles. The van der Waals surface area contributed by atoms with Crippen LogP contribution in [0.2, 0.25) is 0 Å². The Balaban J connectivity index is 2.40. The van der Waals surface area contributed by atoms with Crippen LogP contribution in [0.3, 0.4) is 0 Å². The predicted molar refractivity (Wildman–Crippen MR) is 68.0 cm³/mol. The molecule has 19 heavy (non-hydrogen) atoms. The van der Waals surface area contributed by atoms with Crippen molar-refractivity contribution in [3.63, 3.8) is 0 Å². The Morgan fingerprint density at radius 1 is 1.32 bits per heavy atom. The highest BCUT2D eigenvalue weighted by molar-refractivity contribution is 5.93. The van der Waals surface area contributed by atoms with Gasteiger partial charge >= 0.3 is 6.18 Å². The van der Waals surface area contributed by atoms with Gasteiger partial charge in [-0.05, 0) is 44.0 Å². The first-order valence-electron chi connectivity index (χ1n) is 6.01. The molecule has 1 aromatic carbocycles. The van der Waals surface area contributed by atoms with E-state index in [0.29, 0.717) is 12.0 Å². The van der Waals surface area contributed by atoms with E-state index in [2.05, 4.69) is 5.32 Å². The number of amides is 1. The predicted octanol–water partition coefficient (Wildman–Crippen LogP) is 3.32. The van der Waals surface area contributed by atoms with Crippen LogP contribution < -0.4 is 11.1 Å². The first-order chi connectivity index (χ1) is 8.78. The van der Waals surface area contributed by atoms with Crippen molar-refractivity contribution in [3.05, 3.63) is 29.8 Å². The van der Waals surface area contributed by atoms with Gasteiger partial charge in [0, 0.05) is 23.7 Å². The fourth-order valence-electron chi connectivity index (χ4n) is 1.70. The third kappa shape index (κ3) is 6.13. The standard InChI is InChI=1S/C13H17F3N2O/c1-9(3-2-8-13(14,15)16)18-11-6-4-10(5-7-11)12(17)19/h4-7,9,18H,2-3,8H2,1H3,(H2,17,19). The number of hydrogen-bond acceptors (Lipinski definition) is 2. The van der Waals surface area contributed by atoms with Crippen molar-refractivity contribution in [2.45, 2.75) is 38.4 Å². The Kier molecular flexibility index (Phi) is 5.20. The van der Waals surface area contributed by atoms with Gasteiger partial charge in [0.15, 0.2) is 0 Å². The number of primary amides is 1. The number of hydrogen-bond donors (Lipinski definition) is 2. The monoisotopic (exact) mass is 274 g/mol. The highest BCUT2D eigenvalue weighted by Gasteiger charge is 2.26. The molecule has 1 unspecified atom stereocenters. The van der Waals surface area contributed by atoms with E-state index >= 15 is 0 Å². The topological polar surface area (TPSA) is 55.1 Å². The lowest BCUT2D eigenvalue weighted by atomic mass is 10.1. The van der Waals surface area contributed by atoms with Gasteiger partial charge in [0.2, 0.25) is 5.91 Å². The van der Waals surface area contributed by atoms with Crippen LogP contribution in [-0.2, 0) is 0 Å². The third-order valence-corrected chi connectivity index (χ3v) is 2.68. The Bertz CT molecular complexity index is 415. The zero-order valence-electron chi connectivity index (χ0n) is 10.6. The van der Waals surface area contributed by atoms with Crippen LogP contribution in [0.15, 0.2) is 24.3 Å². The Labute approximate surface area is 110 Å². The van der Waals surface area contributed by atoms with Gasteiger partial charge in [-0.3, -0.25) is 4.79 Å². The smallest absolute Gasteiger partial charge is 0.383 e. The van der Waals surface area contributed by atoms with Crippen LogP contribution in [0.5, 0.6) is 0 Å². The fraction of sp³-hybridized carbons (Fsp3) is 0.462. The molecule has 1 aromatic rings. The largest absolute Gasteiger partial charge is 0.389 e. The van der Waals surface area contributed by atoms with Crippen LogP contribution in [-0.4, -0.2) is 18.1 Å². The number of alkyl halides is 3. The number of benzene rings is 1. The maximum Gasteiger partial charge on any atom is 0.389 e. The molecule has 1 amide bonds. The molecule has 0 saturated carbocycles. The number of nitrogens with one attached hydrogen (secondary N) is 1. The summed E-state index contributed by atoms with van der Waals surface area (Å²) in [6, 6.07) is 6.45. The van der Waals surface area contributed by atoms with Crippen LogP contribution in [0.1, 0.15) is 36.5 Å². The van der Waals surface area contributed by atoms with Gasteiger partial charge < -0.3 is 11.1 Å². The quantitative estimate of drug-likeness (QED) is 0.836. The van der Waals surface area contributed by atoms with Crippen molar-refractivity contribution < 1.29 is 18.0 Å². The Morgan fingerprint density at radius 2 is 1.89 bits per heavy atom. The van der Waals surface area contributed by atoms with E-state index in [4.69, 9.17) is 5.73 Å². The lowest BCUT2D eigenvalue weighted by Crippen LogP contribution is -2.17. The van der Waals surface area contributed by atoms with Crippen LogP contribution in [0.4, 0.5) is 18.9 Å². The van der Waals surface area contributed by atoms with Gasteiger partial charge in [0.05, 0.1) is 0 Å². The molecule has 0 bridgehead atoms. The zero-order chi connectivity index (χ0) is 14.5. The molecule has 0 aliphatic rings. The number of nitrogens with two attached hydrogens (primary N) is 1. The minimum Gasteiger partial charge on any atom is -0.383 e. The Morgan fingerprint density at radius 3 is 2.37 bits per heavy atom. The first kappa shape index (κ1) is 15.3. The second-order valence-corrected chi connectivity index (χ2v) is 4.49. The summed E-state index contributed by atoms with van der Waals surface area (Å²) in [7, 11) is 0. The van der Waals surface area contributed by atoms with Crippen LogP contribution in [0.25, 0.3) is 0 Å². The molecular formula is C13H17F3N2O. The highest BCUT2D eigenvalue weighted by Crippen LogP contribution is 2.23. The van der Waals surface area contributed by atoms with Gasteiger partial charge in [-0.2, -0.15) is 13.2 Å². The molecule has 0 spiro atoms. The molecule has 0 fully saturated rings. The maximum atomic E-state index is 12.0. The number of halogens is 3. The lowest BCUT2D eigenvalue weighted by Gasteiger charge is -2.15. The van der Waals surface area contributed by atoms with Crippen molar-refractivity contribution in [2.24, 2.45) is 5.73 Å². The second kappa shape index (κ2) is 6.45. The van der Waals surface area contributed by atoms with Crippen molar-refractivity contribution in [1.82, 2.24) is 0 Å². The zero-order valence-corrected chi connectivity index (χ0v) is 10.6. The maximum absolute atomic E-state index is 12.0. The summed E-state index contributed by atoms with van der Waals surface area (Å²) in [5.41, 5.74) is 6.26. The molecule has 0 saturated heterocycles. The molecule has 6 heteroatoms. The summed E-state index contributed by atoms with van der Waals surface area (Å²) < 4.78 is 36.0. The average Bonchev–Trinajstić information content (AvgIpc) is 2.27. The van der Waals surface area contributed by atoms with E-state index < -0.39 is 18.5 Å². The molecule has 106 valence electrons. The minimum atomic E-state index is -4.09. The lowest BCUT2D eigenvalue weighted by molar-refractivity contribution is -0.135. The fourth-order valence-corrected chi connectivity index (χ4v) is 1.70. The van der Waals surface area contributed by atoms with E-state index in [1.165, 1.54) is 0 Å². The normalized spacial score (nSPS) is 13.1. The third-order valence-electron chi connectivity index (χ3n) is 2.68. The number of carbonyl (C=O) groups excluding carboxylic acids is 1. The average molecular weight is 274 g/mol. The van der Waals surface area contributed by atoms with Crippen molar-refractivity contribution in [1.29, 1.82) is 0 Å². The molecule has 0 aliphatic heterocycles. The number of rotatable bonds is 6. The highest BCUT2D eigenvalue weighted by atomic mass is 19.4.